The van der Waals surface area contributed by atoms with Crippen LogP contribution < -0.4 is 11.1 Å². The zero-order valence-electron chi connectivity index (χ0n) is 8.67. The molecule has 0 aliphatic heterocycles. The van der Waals surface area contributed by atoms with E-state index >= 15 is 0 Å². The van der Waals surface area contributed by atoms with E-state index in [1.165, 1.54) is 0 Å². The van der Waals surface area contributed by atoms with Crippen LogP contribution in [-0.4, -0.2) is 18.5 Å². The van der Waals surface area contributed by atoms with Gasteiger partial charge >= 0.3 is 0 Å². The Morgan fingerprint density at radius 3 is 2.38 bits per heavy atom. The number of benzene rings is 1. The molecule has 16 heavy (non-hydrogen) atoms. The maximum atomic E-state index is 11.7. The monoisotopic (exact) mass is 282 g/mol. The van der Waals surface area contributed by atoms with Crippen LogP contribution >= 0.6 is 35.6 Å². The normalized spacial score (nSPS) is 11.5. The highest BCUT2D eigenvalue weighted by atomic mass is 35.5. The average Bonchev–Trinajstić information content (AvgIpc) is 2.17. The van der Waals surface area contributed by atoms with Crippen molar-refractivity contribution in [2.75, 3.05) is 6.54 Å². The number of nitrogens with one attached hydrogen (secondary N) is 1. The Bertz CT molecular complexity index is 351. The Hall–Kier alpha value is -0.480. The molecule has 0 aliphatic carbocycles. The fourth-order valence-corrected chi connectivity index (χ4v) is 1.64. The van der Waals surface area contributed by atoms with Gasteiger partial charge in [0.05, 0.1) is 15.6 Å². The topological polar surface area (TPSA) is 55.1 Å². The third kappa shape index (κ3) is 3.83. The van der Waals surface area contributed by atoms with E-state index in [0.717, 1.165) is 0 Å². The minimum atomic E-state index is -0.302. The summed E-state index contributed by atoms with van der Waals surface area (Å²) in [5.74, 6) is -0.302. The summed E-state index contributed by atoms with van der Waals surface area (Å²) in [5, 5.41) is 3.37. The van der Waals surface area contributed by atoms with Gasteiger partial charge in [0.15, 0.2) is 0 Å². The van der Waals surface area contributed by atoms with E-state index in [0.29, 0.717) is 22.2 Å². The summed E-state index contributed by atoms with van der Waals surface area (Å²) < 4.78 is 0. The fourth-order valence-electron chi connectivity index (χ4n) is 1.07. The van der Waals surface area contributed by atoms with E-state index in [-0.39, 0.29) is 24.4 Å². The van der Waals surface area contributed by atoms with Crippen molar-refractivity contribution < 1.29 is 4.79 Å². The molecule has 0 heterocycles. The van der Waals surface area contributed by atoms with E-state index < -0.39 is 0 Å². The Morgan fingerprint density at radius 1 is 1.44 bits per heavy atom. The molecule has 1 rings (SSSR count). The highest BCUT2D eigenvalue weighted by Gasteiger charge is 2.15. The van der Waals surface area contributed by atoms with Crippen LogP contribution in [0.2, 0.25) is 10.0 Å². The fraction of sp³-hybridized carbons (Fsp3) is 0.300. The molecule has 0 spiro atoms. The van der Waals surface area contributed by atoms with Crippen LogP contribution in [-0.2, 0) is 0 Å². The SMILES string of the molecule is C[C@@H](CN)NC(=O)c1c(Cl)cccc1Cl.Cl. The van der Waals surface area contributed by atoms with Gasteiger partial charge in [-0.05, 0) is 19.1 Å². The van der Waals surface area contributed by atoms with Gasteiger partial charge < -0.3 is 11.1 Å². The summed E-state index contributed by atoms with van der Waals surface area (Å²) in [5.41, 5.74) is 5.69. The molecule has 3 nitrogen and oxygen atoms in total. The summed E-state index contributed by atoms with van der Waals surface area (Å²) >= 11 is 11.7. The molecule has 0 fully saturated rings. The number of hydrogen-bond donors (Lipinski definition) is 2. The lowest BCUT2D eigenvalue weighted by atomic mass is 10.2. The van der Waals surface area contributed by atoms with E-state index in [1.54, 1.807) is 18.2 Å². The highest BCUT2D eigenvalue weighted by Crippen LogP contribution is 2.23. The van der Waals surface area contributed by atoms with Gasteiger partial charge in [-0.15, -0.1) is 12.4 Å². The highest BCUT2D eigenvalue weighted by molar-refractivity contribution is 6.39. The van der Waals surface area contributed by atoms with Crippen LogP contribution in [0.1, 0.15) is 17.3 Å². The van der Waals surface area contributed by atoms with E-state index in [4.69, 9.17) is 28.9 Å². The van der Waals surface area contributed by atoms with Crippen LogP contribution in [0, 0.1) is 0 Å². The maximum Gasteiger partial charge on any atom is 0.254 e. The second kappa shape index (κ2) is 6.97. The Labute approximate surface area is 111 Å². The Morgan fingerprint density at radius 2 is 1.94 bits per heavy atom. The van der Waals surface area contributed by atoms with E-state index in [2.05, 4.69) is 5.32 Å². The first-order valence-corrected chi connectivity index (χ1v) is 5.26. The first kappa shape index (κ1) is 15.5. The van der Waals surface area contributed by atoms with Gasteiger partial charge in [0.1, 0.15) is 0 Å². The van der Waals surface area contributed by atoms with Crippen molar-refractivity contribution in [2.24, 2.45) is 5.73 Å². The Balaban J connectivity index is 0.00000225. The van der Waals surface area contributed by atoms with Gasteiger partial charge in [-0.1, -0.05) is 29.3 Å². The molecule has 0 aliphatic rings. The predicted molar refractivity (Wildman–Crippen MR) is 69.7 cm³/mol. The number of rotatable bonds is 3. The molecule has 1 atom stereocenters. The van der Waals surface area contributed by atoms with Crippen molar-refractivity contribution in [2.45, 2.75) is 13.0 Å². The van der Waals surface area contributed by atoms with Gasteiger partial charge in [-0.3, -0.25) is 4.79 Å². The molecular weight excluding hydrogens is 270 g/mol. The lowest BCUT2D eigenvalue weighted by Crippen LogP contribution is -2.38. The summed E-state index contributed by atoms with van der Waals surface area (Å²) in [6, 6.07) is 4.82. The van der Waals surface area contributed by atoms with Gasteiger partial charge in [0.25, 0.3) is 5.91 Å². The van der Waals surface area contributed by atoms with Crippen molar-refractivity contribution >= 4 is 41.5 Å². The number of carbonyl (C=O) groups excluding carboxylic acids is 1. The quantitative estimate of drug-likeness (QED) is 0.895. The Kier molecular flexibility index (Phi) is 6.76. The van der Waals surface area contributed by atoms with Gasteiger partial charge in [-0.2, -0.15) is 0 Å². The number of amides is 1. The van der Waals surface area contributed by atoms with Crippen LogP contribution in [0.4, 0.5) is 0 Å². The van der Waals surface area contributed by atoms with E-state index in [1.807, 2.05) is 6.92 Å². The lowest BCUT2D eigenvalue weighted by Gasteiger charge is -2.12. The molecule has 0 saturated carbocycles. The smallest absolute Gasteiger partial charge is 0.254 e. The molecule has 3 N–H and O–H groups in total. The standard InChI is InChI=1S/C10H12Cl2N2O.ClH/c1-6(5-13)14-10(15)9-7(11)3-2-4-8(9)12;/h2-4,6H,5,13H2,1H3,(H,14,15);1H/t6-;/m0./s1. The van der Waals surface area contributed by atoms with Crippen molar-refractivity contribution in [3.8, 4) is 0 Å². The molecule has 1 aromatic carbocycles. The number of hydrogen-bond acceptors (Lipinski definition) is 2. The second-order valence-electron chi connectivity index (χ2n) is 3.21. The molecule has 90 valence electrons. The zero-order chi connectivity index (χ0) is 11.4. The summed E-state index contributed by atoms with van der Waals surface area (Å²) in [7, 11) is 0. The number of nitrogens with two attached hydrogens (primary N) is 1. The largest absolute Gasteiger partial charge is 0.348 e. The van der Waals surface area contributed by atoms with E-state index in [9.17, 15) is 4.79 Å². The molecule has 0 radical (unpaired) electrons. The third-order valence-corrected chi connectivity index (χ3v) is 2.55. The van der Waals surface area contributed by atoms with Crippen molar-refractivity contribution in [1.82, 2.24) is 5.32 Å². The third-order valence-electron chi connectivity index (χ3n) is 1.92. The molecule has 0 unspecified atom stereocenters. The van der Waals surface area contributed by atoms with Crippen LogP contribution in [0.3, 0.4) is 0 Å². The minimum Gasteiger partial charge on any atom is -0.348 e. The lowest BCUT2D eigenvalue weighted by molar-refractivity contribution is 0.0941. The van der Waals surface area contributed by atoms with Crippen LogP contribution in [0.5, 0.6) is 0 Å². The summed E-state index contributed by atoms with van der Waals surface area (Å²) in [4.78, 5) is 11.7. The first-order valence-electron chi connectivity index (χ1n) is 4.51. The maximum absolute atomic E-state index is 11.7. The van der Waals surface area contributed by atoms with Gasteiger partial charge in [0, 0.05) is 12.6 Å². The predicted octanol–water partition coefficient (Wildman–Crippen LogP) is 2.49. The summed E-state index contributed by atoms with van der Waals surface area (Å²) in [6.45, 7) is 2.18. The van der Waals surface area contributed by atoms with Crippen LogP contribution in [0.15, 0.2) is 18.2 Å². The van der Waals surface area contributed by atoms with Crippen LogP contribution in [0.25, 0.3) is 0 Å². The number of halogens is 3. The molecule has 1 aromatic rings. The molecular formula is C10H13Cl3N2O. The first-order chi connectivity index (χ1) is 7.06. The second-order valence-corrected chi connectivity index (χ2v) is 4.02. The molecule has 0 saturated heterocycles. The average molecular weight is 284 g/mol. The molecule has 0 aromatic heterocycles. The molecule has 0 bridgehead atoms. The van der Waals surface area contributed by atoms with Crippen molar-refractivity contribution in [1.29, 1.82) is 0 Å². The van der Waals surface area contributed by atoms with Crippen molar-refractivity contribution in [3.63, 3.8) is 0 Å². The zero-order valence-corrected chi connectivity index (χ0v) is 11.0. The van der Waals surface area contributed by atoms with Crippen molar-refractivity contribution in [3.05, 3.63) is 33.8 Å². The van der Waals surface area contributed by atoms with Gasteiger partial charge in [0.2, 0.25) is 0 Å². The number of carbonyl (C=O) groups is 1. The minimum absolute atomic E-state index is 0. The summed E-state index contributed by atoms with van der Waals surface area (Å²) in [6.07, 6.45) is 0. The van der Waals surface area contributed by atoms with Gasteiger partial charge in [-0.25, -0.2) is 0 Å². The molecule has 1 amide bonds. The molecule has 6 heteroatoms.